The summed E-state index contributed by atoms with van der Waals surface area (Å²) in [5.74, 6) is 0. The van der Waals surface area contributed by atoms with Crippen LogP contribution >= 0.6 is 0 Å². The summed E-state index contributed by atoms with van der Waals surface area (Å²) in [5.41, 5.74) is 0. The van der Waals surface area contributed by atoms with Gasteiger partial charge in [-0.3, -0.25) is 4.18 Å². The van der Waals surface area contributed by atoms with Gasteiger partial charge in [0.1, 0.15) is 30.5 Å². The molecule has 5 atom stereocenters. The van der Waals surface area contributed by atoms with Gasteiger partial charge in [-0.25, -0.2) is 8.42 Å². The fourth-order valence-corrected chi connectivity index (χ4v) is 2.00. The summed E-state index contributed by atoms with van der Waals surface area (Å²) >= 11 is 0. The average Bonchev–Trinajstić information content (AvgIpc) is 2.56. The van der Waals surface area contributed by atoms with Crippen molar-refractivity contribution >= 4 is 10.4 Å². The first-order chi connectivity index (χ1) is 7.76. The van der Waals surface area contributed by atoms with E-state index in [0.29, 0.717) is 0 Å². The van der Waals surface area contributed by atoms with Crippen LogP contribution in [0.2, 0.25) is 0 Å². The van der Waals surface area contributed by atoms with Crippen LogP contribution in [0.3, 0.4) is 0 Å². The van der Waals surface area contributed by atoms with Gasteiger partial charge in [0.25, 0.3) is 0 Å². The molecule has 9 nitrogen and oxygen atoms in total. The van der Waals surface area contributed by atoms with E-state index in [2.05, 4.69) is 4.18 Å². The van der Waals surface area contributed by atoms with Crippen molar-refractivity contribution in [1.82, 2.24) is 0 Å². The number of hydrogen-bond donors (Lipinski definition) is 4. The Morgan fingerprint density at radius 2 is 2.00 bits per heavy atom. The van der Waals surface area contributed by atoms with E-state index in [1.807, 2.05) is 0 Å². The fraction of sp³-hybridized carbons (Fsp3) is 1.00. The SMILES string of the molecule is O=S(=O)([O-])O[C@H]1[C@@H]([C@H](O)[C@@H](O)CO)OC[C@H]1O.[Na+]. The van der Waals surface area contributed by atoms with Gasteiger partial charge in [-0.2, -0.15) is 0 Å². The van der Waals surface area contributed by atoms with E-state index < -0.39 is 47.5 Å². The standard InChI is InChI=1S/C7H14O9S.Na/c8-1-3(9)5(11)7-6(4(10)2-15-7)16-17(12,13)14;/h3-11H,1-2H2,(H,12,13,14);/q;+1/p-1/t3-,4+,5+,6+,7+;/m0./s1. The van der Waals surface area contributed by atoms with Crippen molar-refractivity contribution in [2.24, 2.45) is 0 Å². The van der Waals surface area contributed by atoms with E-state index in [1.54, 1.807) is 0 Å². The summed E-state index contributed by atoms with van der Waals surface area (Å²) in [7, 11) is -5.08. The van der Waals surface area contributed by atoms with Crippen LogP contribution in [-0.4, -0.2) is 77.1 Å². The first-order valence-corrected chi connectivity index (χ1v) is 6.00. The van der Waals surface area contributed by atoms with Crippen molar-refractivity contribution in [2.45, 2.75) is 30.5 Å². The predicted octanol–water partition coefficient (Wildman–Crippen LogP) is -6.69. The van der Waals surface area contributed by atoms with Crippen LogP contribution in [0.4, 0.5) is 0 Å². The quantitative estimate of drug-likeness (QED) is 0.220. The maximum Gasteiger partial charge on any atom is 1.00 e. The van der Waals surface area contributed by atoms with Gasteiger partial charge in [-0.1, -0.05) is 0 Å². The molecule has 0 spiro atoms. The topological polar surface area (TPSA) is 157 Å². The summed E-state index contributed by atoms with van der Waals surface area (Å²) in [5, 5.41) is 36.5. The van der Waals surface area contributed by atoms with Crippen LogP contribution in [0.1, 0.15) is 0 Å². The molecule has 0 aromatic carbocycles. The zero-order chi connectivity index (χ0) is 13.2. The molecular weight excluding hydrogens is 283 g/mol. The molecule has 1 aliphatic heterocycles. The van der Waals surface area contributed by atoms with Crippen LogP contribution in [-0.2, 0) is 19.3 Å². The molecule has 0 saturated carbocycles. The van der Waals surface area contributed by atoms with Gasteiger partial charge in [0.2, 0.25) is 10.4 Å². The summed E-state index contributed by atoms with van der Waals surface area (Å²) in [6, 6.07) is 0. The Bertz CT molecular complexity index is 347. The van der Waals surface area contributed by atoms with Crippen LogP contribution in [0.15, 0.2) is 0 Å². The molecule has 1 aliphatic rings. The van der Waals surface area contributed by atoms with E-state index in [1.165, 1.54) is 0 Å². The fourth-order valence-electron chi connectivity index (χ4n) is 1.49. The number of aliphatic hydroxyl groups is 4. The summed E-state index contributed by atoms with van der Waals surface area (Å²) < 4.78 is 40.0. The zero-order valence-electron chi connectivity index (χ0n) is 9.54. The van der Waals surface area contributed by atoms with Gasteiger partial charge in [0, 0.05) is 0 Å². The van der Waals surface area contributed by atoms with E-state index in [9.17, 15) is 23.2 Å². The van der Waals surface area contributed by atoms with Crippen molar-refractivity contribution < 1.29 is 71.9 Å². The number of aliphatic hydroxyl groups excluding tert-OH is 4. The first kappa shape index (κ1) is 18.7. The molecule has 1 saturated heterocycles. The average molecular weight is 296 g/mol. The monoisotopic (exact) mass is 296 g/mol. The maximum absolute atomic E-state index is 10.4. The molecule has 4 N–H and O–H groups in total. The zero-order valence-corrected chi connectivity index (χ0v) is 12.4. The van der Waals surface area contributed by atoms with Gasteiger partial charge in [-0.15, -0.1) is 0 Å². The van der Waals surface area contributed by atoms with Gasteiger partial charge in [-0.05, 0) is 0 Å². The molecule has 0 aromatic heterocycles. The molecule has 1 rings (SSSR count). The normalized spacial score (nSPS) is 31.7. The number of rotatable bonds is 5. The Hall–Kier alpha value is 0.670. The summed E-state index contributed by atoms with van der Waals surface area (Å²) in [6.45, 7) is -1.16. The van der Waals surface area contributed by atoms with Crippen LogP contribution in [0.25, 0.3) is 0 Å². The smallest absolute Gasteiger partial charge is 0.726 e. The van der Waals surface area contributed by atoms with Gasteiger partial charge >= 0.3 is 29.6 Å². The number of ether oxygens (including phenoxy) is 1. The Morgan fingerprint density at radius 3 is 2.44 bits per heavy atom. The Kier molecular flexibility index (Phi) is 7.73. The Balaban J connectivity index is 0.00000289. The Labute approximate surface area is 126 Å². The largest absolute Gasteiger partial charge is 1.00 e. The molecule has 0 radical (unpaired) electrons. The molecule has 102 valence electrons. The third-order valence-corrected chi connectivity index (χ3v) is 2.77. The van der Waals surface area contributed by atoms with Gasteiger partial charge in [0.15, 0.2) is 0 Å². The molecular formula is C7H13NaO9S. The molecule has 18 heavy (non-hydrogen) atoms. The van der Waals surface area contributed by atoms with E-state index in [-0.39, 0.29) is 36.2 Å². The molecule has 0 bridgehead atoms. The van der Waals surface area contributed by atoms with Crippen molar-refractivity contribution in [3.8, 4) is 0 Å². The van der Waals surface area contributed by atoms with Crippen LogP contribution in [0, 0.1) is 0 Å². The second-order valence-electron chi connectivity index (χ2n) is 3.57. The molecule has 11 heteroatoms. The molecule has 1 heterocycles. The van der Waals surface area contributed by atoms with Crippen LogP contribution < -0.4 is 29.6 Å². The van der Waals surface area contributed by atoms with E-state index >= 15 is 0 Å². The molecule has 1 fully saturated rings. The van der Waals surface area contributed by atoms with Crippen molar-refractivity contribution in [3.63, 3.8) is 0 Å². The van der Waals surface area contributed by atoms with Crippen molar-refractivity contribution in [1.29, 1.82) is 0 Å². The Morgan fingerprint density at radius 1 is 1.44 bits per heavy atom. The maximum atomic E-state index is 10.4. The van der Waals surface area contributed by atoms with Gasteiger partial charge in [0.05, 0.1) is 13.2 Å². The second-order valence-corrected chi connectivity index (χ2v) is 4.58. The first-order valence-electron chi connectivity index (χ1n) is 4.67. The van der Waals surface area contributed by atoms with Crippen molar-refractivity contribution in [2.75, 3.05) is 13.2 Å². The summed E-state index contributed by atoms with van der Waals surface area (Å²) in [6.07, 6.45) is -7.76. The molecule has 0 unspecified atom stereocenters. The molecule has 0 aliphatic carbocycles. The van der Waals surface area contributed by atoms with E-state index in [4.69, 9.17) is 14.9 Å². The molecule has 0 aromatic rings. The molecule has 0 amide bonds. The minimum Gasteiger partial charge on any atom is -0.726 e. The number of hydrogen-bond acceptors (Lipinski definition) is 9. The van der Waals surface area contributed by atoms with Crippen LogP contribution in [0.5, 0.6) is 0 Å². The van der Waals surface area contributed by atoms with E-state index in [0.717, 1.165) is 0 Å². The van der Waals surface area contributed by atoms with Gasteiger partial charge < -0.3 is 29.7 Å². The third-order valence-electron chi connectivity index (χ3n) is 2.31. The van der Waals surface area contributed by atoms with Crippen molar-refractivity contribution in [3.05, 3.63) is 0 Å². The minimum atomic E-state index is -5.08. The predicted molar refractivity (Wildman–Crippen MR) is 49.4 cm³/mol. The summed E-state index contributed by atoms with van der Waals surface area (Å²) in [4.78, 5) is 0. The minimum absolute atomic E-state index is 0. The second kappa shape index (κ2) is 7.45. The third kappa shape index (κ3) is 4.98.